The number of carbonyl (C=O) groups is 1. The summed E-state index contributed by atoms with van der Waals surface area (Å²) in [4.78, 5) is 19.1. The highest BCUT2D eigenvalue weighted by Gasteiger charge is 2.50. The average molecular weight is 493 g/mol. The monoisotopic (exact) mass is 492 g/mol. The predicted octanol–water partition coefficient (Wildman–Crippen LogP) is 3.91. The number of aryl methyl sites for hydroxylation is 2. The van der Waals surface area contributed by atoms with Gasteiger partial charge in [-0.2, -0.15) is 4.99 Å². The molecule has 2 aliphatic rings. The summed E-state index contributed by atoms with van der Waals surface area (Å²) in [5.41, 5.74) is 3.89. The molecule has 0 aliphatic carbocycles. The van der Waals surface area contributed by atoms with Crippen LogP contribution in [0.25, 0.3) is 0 Å². The van der Waals surface area contributed by atoms with E-state index in [-0.39, 0.29) is 35.1 Å². The van der Waals surface area contributed by atoms with Gasteiger partial charge in [0, 0.05) is 15.4 Å². The summed E-state index contributed by atoms with van der Waals surface area (Å²) in [6.45, 7) is 4.00. The second kappa shape index (κ2) is 7.89. The molecule has 2 atom stereocenters. The normalized spacial score (nSPS) is 24.1. The zero-order valence-corrected chi connectivity index (χ0v) is 19.4. The Hall–Kier alpha value is -1.64. The van der Waals surface area contributed by atoms with Crippen molar-refractivity contribution >= 4 is 54.3 Å². The lowest BCUT2D eigenvalue weighted by Crippen LogP contribution is -2.38. The maximum Gasteiger partial charge on any atom is 0.252 e. The molecular weight excluding hydrogens is 472 g/mol. The van der Waals surface area contributed by atoms with Crippen molar-refractivity contribution in [3.8, 4) is 0 Å². The molecule has 2 heterocycles. The number of halogens is 1. The van der Waals surface area contributed by atoms with E-state index < -0.39 is 9.84 Å². The predicted molar refractivity (Wildman–Crippen MR) is 123 cm³/mol. The molecule has 0 saturated carbocycles. The number of hydrogen-bond acceptors (Lipinski definition) is 4. The number of benzene rings is 2. The van der Waals surface area contributed by atoms with E-state index in [0.717, 1.165) is 26.9 Å². The van der Waals surface area contributed by atoms with Crippen molar-refractivity contribution in [2.75, 3.05) is 16.4 Å². The summed E-state index contributed by atoms with van der Waals surface area (Å²) in [7, 11) is -3.09. The zero-order valence-electron chi connectivity index (χ0n) is 16.1. The largest absolute Gasteiger partial charge is 0.315 e. The minimum Gasteiger partial charge on any atom is -0.315 e. The first-order valence-electron chi connectivity index (χ1n) is 9.32. The van der Waals surface area contributed by atoms with Crippen molar-refractivity contribution in [2.45, 2.75) is 31.6 Å². The van der Waals surface area contributed by atoms with Crippen molar-refractivity contribution in [3.63, 3.8) is 0 Å². The van der Waals surface area contributed by atoms with Crippen LogP contribution in [0, 0.1) is 13.8 Å². The molecule has 0 N–H and O–H groups in total. The number of nitrogens with zero attached hydrogens (tertiary/aromatic N) is 2. The summed E-state index contributed by atoms with van der Waals surface area (Å²) in [5.74, 6) is -0.0100. The molecule has 4 rings (SSSR count). The molecule has 8 heteroatoms. The Balaban J connectivity index is 1.72. The van der Waals surface area contributed by atoms with E-state index in [9.17, 15) is 13.2 Å². The van der Waals surface area contributed by atoms with Crippen LogP contribution < -0.4 is 4.90 Å². The Morgan fingerprint density at radius 3 is 2.48 bits per heavy atom. The molecular formula is C21H21BrN2O3S2. The number of sulfone groups is 1. The third-order valence-electron chi connectivity index (χ3n) is 5.18. The van der Waals surface area contributed by atoms with Crippen molar-refractivity contribution in [1.82, 2.24) is 0 Å². The second-order valence-corrected chi connectivity index (χ2v) is 11.8. The number of anilines is 1. The van der Waals surface area contributed by atoms with Crippen LogP contribution in [-0.4, -0.2) is 42.3 Å². The van der Waals surface area contributed by atoms with Gasteiger partial charge in [0.05, 0.1) is 24.0 Å². The fraction of sp³-hybridized carbons (Fsp3) is 0.333. The van der Waals surface area contributed by atoms with Crippen LogP contribution >= 0.6 is 27.7 Å². The van der Waals surface area contributed by atoms with Gasteiger partial charge in [0.2, 0.25) is 0 Å². The smallest absolute Gasteiger partial charge is 0.252 e. The summed E-state index contributed by atoms with van der Waals surface area (Å²) in [6, 6.07) is 13.3. The molecule has 152 valence electrons. The number of amides is 1. The van der Waals surface area contributed by atoms with Crippen molar-refractivity contribution < 1.29 is 13.2 Å². The fourth-order valence-corrected chi connectivity index (χ4v) is 8.63. The van der Waals surface area contributed by atoms with Crippen molar-refractivity contribution in [2.24, 2.45) is 4.99 Å². The number of aliphatic imine (C=N–C) groups is 1. The Morgan fingerprint density at radius 1 is 1.17 bits per heavy atom. The van der Waals surface area contributed by atoms with Crippen LogP contribution in [0.15, 0.2) is 51.9 Å². The van der Waals surface area contributed by atoms with Crippen molar-refractivity contribution in [3.05, 3.63) is 63.6 Å². The van der Waals surface area contributed by atoms with Gasteiger partial charge in [0.25, 0.3) is 5.91 Å². The molecule has 2 aliphatic heterocycles. The van der Waals surface area contributed by atoms with E-state index in [1.807, 2.05) is 61.2 Å². The van der Waals surface area contributed by atoms with Crippen LogP contribution in [-0.2, 0) is 21.1 Å². The number of rotatable bonds is 3. The standard InChI is InChI=1S/C21H21BrN2O3S2/c1-13-8-16(22)9-14(2)20(13)24-17-11-29(26,27)12-18(17)28-21(24)23-19(25)10-15-6-4-3-5-7-15/h3-9,17-18H,10-12H2,1-2H3/t17-,18-/m0/s1. The van der Waals surface area contributed by atoms with Gasteiger partial charge in [-0.15, -0.1) is 0 Å². The van der Waals surface area contributed by atoms with Crippen LogP contribution in [0.2, 0.25) is 0 Å². The van der Waals surface area contributed by atoms with Crippen LogP contribution in [0.3, 0.4) is 0 Å². The van der Waals surface area contributed by atoms with Gasteiger partial charge < -0.3 is 4.90 Å². The number of thioether (sulfide) groups is 1. The number of hydrogen-bond donors (Lipinski definition) is 0. The SMILES string of the molecule is Cc1cc(Br)cc(C)c1N1C(=NC(=O)Cc2ccccc2)S[C@H]2CS(=O)(=O)C[C@@H]21. The molecule has 0 bridgehead atoms. The van der Waals surface area contributed by atoms with E-state index in [0.29, 0.717) is 5.17 Å². The summed E-state index contributed by atoms with van der Waals surface area (Å²) < 4.78 is 25.5. The van der Waals surface area contributed by atoms with E-state index in [2.05, 4.69) is 20.9 Å². The number of amidine groups is 1. The van der Waals surface area contributed by atoms with Crippen LogP contribution in [0.1, 0.15) is 16.7 Å². The topological polar surface area (TPSA) is 66.8 Å². The molecule has 2 fully saturated rings. The first-order valence-corrected chi connectivity index (χ1v) is 12.8. The lowest BCUT2D eigenvalue weighted by molar-refractivity contribution is -0.117. The highest BCUT2D eigenvalue weighted by Crippen LogP contribution is 2.43. The average Bonchev–Trinajstić information content (AvgIpc) is 3.07. The maximum absolute atomic E-state index is 12.7. The Morgan fingerprint density at radius 2 is 1.83 bits per heavy atom. The third-order valence-corrected chi connectivity index (χ3v) is 8.85. The lowest BCUT2D eigenvalue weighted by atomic mass is 10.1. The Bertz CT molecular complexity index is 1080. The summed E-state index contributed by atoms with van der Waals surface area (Å²) in [6.07, 6.45) is 0.227. The van der Waals surface area contributed by atoms with E-state index in [4.69, 9.17) is 0 Å². The number of carbonyl (C=O) groups excluding carboxylic acids is 1. The minimum atomic E-state index is -3.09. The van der Waals surface area contributed by atoms with Gasteiger partial charge in [-0.25, -0.2) is 8.42 Å². The molecule has 1 amide bonds. The second-order valence-electron chi connectivity index (χ2n) is 7.51. The van der Waals surface area contributed by atoms with Crippen molar-refractivity contribution in [1.29, 1.82) is 0 Å². The van der Waals surface area contributed by atoms with Gasteiger partial charge in [-0.05, 0) is 42.7 Å². The first kappa shape index (κ1) is 20.6. The first-order chi connectivity index (χ1) is 13.7. The lowest BCUT2D eigenvalue weighted by Gasteiger charge is -2.28. The highest BCUT2D eigenvalue weighted by atomic mass is 79.9. The van der Waals surface area contributed by atoms with Gasteiger partial charge in [0.15, 0.2) is 15.0 Å². The van der Waals surface area contributed by atoms with Gasteiger partial charge in [-0.3, -0.25) is 4.79 Å². The quantitative estimate of drug-likeness (QED) is 0.649. The van der Waals surface area contributed by atoms with E-state index >= 15 is 0 Å². The van der Waals surface area contributed by atoms with Gasteiger partial charge in [-0.1, -0.05) is 58.0 Å². The number of fused-ring (bicyclic) bond motifs is 1. The molecule has 2 aromatic carbocycles. The fourth-order valence-electron chi connectivity index (χ4n) is 4.03. The minimum absolute atomic E-state index is 0.0888. The molecule has 0 aromatic heterocycles. The molecule has 29 heavy (non-hydrogen) atoms. The molecule has 2 saturated heterocycles. The highest BCUT2D eigenvalue weighted by molar-refractivity contribution is 9.10. The molecule has 0 unspecified atom stereocenters. The van der Waals surface area contributed by atoms with Crippen LogP contribution in [0.5, 0.6) is 0 Å². The third kappa shape index (κ3) is 4.29. The van der Waals surface area contributed by atoms with Gasteiger partial charge >= 0.3 is 0 Å². The zero-order chi connectivity index (χ0) is 20.8. The van der Waals surface area contributed by atoms with E-state index in [1.54, 1.807) is 0 Å². The Labute approximate surface area is 183 Å². The molecule has 0 radical (unpaired) electrons. The van der Waals surface area contributed by atoms with Gasteiger partial charge in [0.1, 0.15) is 0 Å². The maximum atomic E-state index is 12.7. The van der Waals surface area contributed by atoms with Crippen LogP contribution in [0.4, 0.5) is 5.69 Å². The Kier molecular flexibility index (Phi) is 5.61. The molecule has 2 aromatic rings. The molecule has 5 nitrogen and oxygen atoms in total. The summed E-state index contributed by atoms with van der Waals surface area (Å²) >= 11 is 4.93. The summed E-state index contributed by atoms with van der Waals surface area (Å²) in [5, 5.41) is 0.495. The van der Waals surface area contributed by atoms with E-state index in [1.165, 1.54) is 11.8 Å². The molecule has 0 spiro atoms.